The quantitative estimate of drug-likeness (QED) is 0.231. The Morgan fingerprint density at radius 3 is 2.30 bits per heavy atom. The molecule has 4 rings (SSSR count). The smallest absolute Gasteiger partial charge is 0.300 e. The Hall–Kier alpha value is -4.26. The van der Waals surface area contributed by atoms with E-state index in [1.54, 1.807) is 42.5 Å². The first-order chi connectivity index (χ1) is 17.9. The number of hydrogen-bond acceptors (Lipinski definition) is 6. The second-order valence-corrected chi connectivity index (χ2v) is 8.68. The lowest BCUT2D eigenvalue weighted by Gasteiger charge is -2.26. The zero-order valence-corrected chi connectivity index (χ0v) is 21.5. The van der Waals surface area contributed by atoms with Gasteiger partial charge in [0.2, 0.25) is 0 Å². The highest BCUT2D eigenvalue weighted by Crippen LogP contribution is 2.44. The summed E-state index contributed by atoms with van der Waals surface area (Å²) in [4.78, 5) is 28.3. The lowest BCUT2D eigenvalue weighted by atomic mass is 9.94. The van der Waals surface area contributed by atoms with E-state index < -0.39 is 17.7 Å². The number of aliphatic hydroxyl groups excluding tert-OH is 1. The molecule has 37 heavy (non-hydrogen) atoms. The molecule has 0 spiro atoms. The molecule has 1 atom stereocenters. The van der Waals surface area contributed by atoms with Crippen LogP contribution in [-0.4, -0.2) is 37.6 Å². The maximum absolute atomic E-state index is 13.5. The summed E-state index contributed by atoms with van der Waals surface area (Å²) >= 11 is 0. The van der Waals surface area contributed by atoms with Gasteiger partial charge in [0, 0.05) is 17.3 Å². The molecule has 192 valence electrons. The first kappa shape index (κ1) is 25.8. The number of ether oxygens (including phenoxy) is 3. The van der Waals surface area contributed by atoms with E-state index in [4.69, 9.17) is 14.2 Å². The molecule has 1 aliphatic heterocycles. The summed E-state index contributed by atoms with van der Waals surface area (Å²) in [5.41, 5.74) is 2.67. The van der Waals surface area contributed by atoms with Gasteiger partial charge in [-0.25, -0.2) is 0 Å². The monoisotopic (exact) mass is 501 g/mol. The number of anilines is 1. The topological polar surface area (TPSA) is 85.3 Å². The van der Waals surface area contributed by atoms with Crippen LogP contribution in [0.3, 0.4) is 0 Å². The molecular formula is C30H31NO6. The third-order valence-electron chi connectivity index (χ3n) is 6.37. The molecule has 3 aromatic carbocycles. The Labute approximate surface area is 216 Å². The maximum Gasteiger partial charge on any atom is 0.300 e. The number of rotatable bonds is 9. The predicted molar refractivity (Wildman–Crippen MR) is 142 cm³/mol. The van der Waals surface area contributed by atoms with Crippen molar-refractivity contribution < 1.29 is 28.9 Å². The highest BCUT2D eigenvalue weighted by atomic mass is 16.5. The lowest BCUT2D eigenvalue weighted by Crippen LogP contribution is -2.29. The van der Waals surface area contributed by atoms with Crippen LogP contribution in [0.1, 0.15) is 43.0 Å². The molecule has 0 radical (unpaired) electrons. The van der Waals surface area contributed by atoms with Crippen molar-refractivity contribution in [2.45, 2.75) is 32.7 Å². The van der Waals surface area contributed by atoms with E-state index in [1.165, 1.54) is 19.1 Å². The number of amides is 1. The molecule has 7 nitrogen and oxygen atoms in total. The highest BCUT2D eigenvalue weighted by molar-refractivity contribution is 6.51. The number of aryl methyl sites for hydroxylation is 1. The summed E-state index contributed by atoms with van der Waals surface area (Å²) in [6.45, 7) is 4.58. The van der Waals surface area contributed by atoms with Gasteiger partial charge in [-0.05, 0) is 48.2 Å². The molecule has 1 N–H and O–H groups in total. The summed E-state index contributed by atoms with van der Waals surface area (Å²) < 4.78 is 16.5. The second kappa shape index (κ2) is 11.2. The van der Waals surface area contributed by atoms with E-state index in [1.807, 2.05) is 31.2 Å². The largest absolute Gasteiger partial charge is 0.507 e. The van der Waals surface area contributed by atoms with Crippen LogP contribution in [0.25, 0.3) is 5.76 Å². The average Bonchev–Trinajstić information content (AvgIpc) is 3.21. The van der Waals surface area contributed by atoms with Gasteiger partial charge in [0.1, 0.15) is 11.5 Å². The van der Waals surface area contributed by atoms with Crippen molar-refractivity contribution in [1.29, 1.82) is 0 Å². The normalized spacial score (nSPS) is 16.6. The van der Waals surface area contributed by atoms with E-state index in [9.17, 15) is 14.7 Å². The van der Waals surface area contributed by atoms with Gasteiger partial charge in [-0.15, -0.1) is 0 Å². The highest BCUT2D eigenvalue weighted by Gasteiger charge is 2.47. The SMILES string of the molecule is CCCOc1cccc(/C(O)=C2\C(=O)C(=O)N(c3ccc(OC)c(OC)c3)C2c2ccc(CC)cc2)c1. The number of methoxy groups -OCH3 is 2. The fourth-order valence-electron chi connectivity index (χ4n) is 4.43. The van der Waals surface area contributed by atoms with E-state index >= 15 is 0 Å². The number of benzene rings is 3. The van der Waals surface area contributed by atoms with Crippen molar-refractivity contribution in [1.82, 2.24) is 0 Å². The van der Waals surface area contributed by atoms with E-state index in [0.29, 0.717) is 40.7 Å². The zero-order chi connectivity index (χ0) is 26.5. The third-order valence-corrected chi connectivity index (χ3v) is 6.37. The molecule has 1 aliphatic rings. The summed E-state index contributed by atoms with van der Waals surface area (Å²) in [7, 11) is 3.03. The van der Waals surface area contributed by atoms with Gasteiger partial charge in [-0.3, -0.25) is 14.5 Å². The van der Waals surface area contributed by atoms with Crippen molar-refractivity contribution in [2.24, 2.45) is 0 Å². The Bertz CT molecular complexity index is 1330. The maximum atomic E-state index is 13.5. The van der Waals surface area contributed by atoms with Crippen LogP contribution in [0.5, 0.6) is 17.2 Å². The number of nitrogens with zero attached hydrogens (tertiary/aromatic N) is 1. The molecule has 0 bridgehead atoms. The molecule has 1 saturated heterocycles. The number of ketones is 1. The minimum atomic E-state index is -0.843. The van der Waals surface area contributed by atoms with Crippen LogP contribution < -0.4 is 19.1 Å². The van der Waals surface area contributed by atoms with Crippen molar-refractivity contribution in [3.63, 3.8) is 0 Å². The Balaban J connectivity index is 1.89. The van der Waals surface area contributed by atoms with Crippen molar-refractivity contribution in [3.05, 3.63) is 89.0 Å². The van der Waals surface area contributed by atoms with Crippen molar-refractivity contribution in [2.75, 3.05) is 25.7 Å². The fraction of sp³-hybridized carbons (Fsp3) is 0.267. The molecule has 0 aliphatic carbocycles. The van der Waals surface area contributed by atoms with E-state index in [-0.39, 0.29) is 11.3 Å². The van der Waals surface area contributed by atoms with Gasteiger partial charge in [0.05, 0.1) is 32.4 Å². The number of aliphatic hydroxyl groups is 1. The fourth-order valence-corrected chi connectivity index (χ4v) is 4.43. The molecule has 7 heteroatoms. The van der Waals surface area contributed by atoms with Gasteiger partial charge in [0.15, 0.2) is 11.5 Å². The van der Waals surface area contributed by atoms with Crippen LogP contribution in [0.2, 0.25) is 0 Å². The number of Topliss-reactive ketones (excluding diaryl/α,β-unsaturated/α-hetero) is 1. The van der Waals surface area contributed by atoms with E-state index in [2.05, 4.69) is 6.92 Å². The zero-order valence-electron chi connectivity index (χ0n) is 21.5. The van der Waals surface area contributed by atoms with Gasteiger partial charge < -0.3 is 19.3 Å². The summed E-state index contributed by atoms with van der Waals surface area (Å²) in [6.07, 6.45) is 1.68. The minimum Gasteiger partial charge on any atom is -0.507 e. The second-order valence-electron chi connectivity index (χ2n) is 8.68. The van der Waals surface area contributed by atoms with Gasteiger partial charge in [0.25, 0.3) is 11.7 Å². The molecule has 1 unspecified atom stereocenters. The summed E-state index contributed by atoms with van der Waals surface area (Å²) in [5.74, 6) is -0.275. The van der Waals surface area contributed by atoms with Crippen LogP contribution in [0.15, 0.2) is 72.3 Å². The first-order valence-corrected chi connectivity index (χ1v) is 12.3. The van der Waals surface area contributed by atoms with E-state index in [0.717, 1.165) is 18.4 Å². The molecule has 1 fully saturated rings. The standard InChI is InChI=1S/C30H31NO6/c1-5-16-37-23-9-7-8-21(17-23)28(32)26-27(20-12-10-19(6-2)11-13-20)31(30(34)29(26)33)22-14-15-24(35-3)25(18-22)36-4/h7-15,17-18,27,32H,5-6,16H2,1-4H3/b28-26+. The average molecular weight is 502 g/mol. The molecular weight excluding hydrogens is 470 g/mol. The molecule has 1 amide bonds. The van der Waals surface area contributed by atoms with Crippen molar-refractivity contribution >= 4 is 23.1 Å². The predicted octanol–water partition coefficient (Wildman–Crippen LogP) is 5.68. The first-order valence-electron chi connectivity index (χ1n) is 12.3. The Kier molecular flexibility index (Phi) is 7.82. The van der Waals surface area contributed by atoms with Crippen molar-refractivity contribution in [3.8, 4) is 17.2 Å². The summed E-state index contributed by atoms with van der Waals surface area (Å²) in [5, 5.41) is 11.4. The number of hydrogen-bond donors (Lipinski definition) is 1. The van der Waals surface area contributed by atoms with Crippen LogP contribution in [0.4, 0.5) is 5.69 Å². The third kappa shape index (κ3) is 5.03. The van der Waals surface area contributed by atoms with Crippen LogP contribution in [0, 0.1) is 0 Å². The number of carbonyl (C=O) groups excluding carboxylic acids is 2. The lowest BCUT2D eigenvalue weighted by molar-refractivity contribution is -0.132. The van der Waals surface area contributed by atoms with Gasteiger partial charge >= 0.3 is 0 Å². The van der Waals surface area contributed by atoms with Gasteiger partial charge in [-0.2, -0.15) is 0 Å². The molecule has 3 aromatic rings. The van der Waals surface area contributed by atoms with Gasteiger partial charge in [-0.1, -0.05) is 50.2 Å². The minimum absolute atomic E-state index is 0.0108. The Morgan fingerprint density at radius 2 is 1.65 bits per heavy atom. The molecule has 0 aromatic heterocycles. The Morgan fingerprint density at radius 1 is 0.919 bits per heavy atom. The van der Waals surface area contributed by atoms with Crippen LogP contribution >= 0.6 is 0 Å². The molecule has 1 heterocycles. The number of carbonyl (C=O) groups is 2. The summed E-state index contributed by atoms with van der Waals surface area (Å²) in [6, 6.07) is 18.8. The van der Waals surface area contributed by atoms with Crippen LogP contribution in [-0.2, 0) is 16.0 Å². The molecule has 0 saturated carbocycles.